The summed E-state index contributed by atoms with van der Waals surface area (Å²) in [5, 5.41) is 8.78. The lowest BCUT2D eigenvalue weighted by molar-refractivity contribution is -0.138. The molecule has 5 nitrogen and oxygen atoms in total. The van der Waals surface area contributed by atoms with Crippen LogP contribution in [0.15, 0.2) is 24.7 Å². The SMILES string of the molecule is Cc1ncn2ccc(C(N)C(=O)O)cc12. The Morgan fingerprint density at radius 3 is 3.07 bits per heavy atom. The Morgan fingerprint density at radius 2 is 2.40 bits per heavy atom. The van der Waals surface area contributed by atoms with Gasteiger partial charge in [-0.3, -0.25) is 4.79 Å². The summed E-state index contributed by atoms with van der Waals surface area (Å²) < 4.78 is 1.83. The molecule has 0 amide bonds. The second-order valence-electron chi connectivity index (χ2n) is 3.40. The van der Waals surface area contributed by atoms with Gasteiger partial charge in [-0.2, -0.15) is 0 Å². The fourth-order valence-corrected chi connectivity index (χ4v) is 1.47. The zero-order valence-electron chi connectivity index (χ0n) is 8.21. The average molecular weight is 205 g/mol. The molecule has 2 heterocycles. The third-order valence-electron chi connectivity index (χ3n) is 2.38. The molecule has 2 aromatic rings. The summed E-state index contributed by atoms with van der Waals surface area (Å²) in [5.41, 5.74) is 7.84. The van der Waals surface area contributed by atoms with Crippen LogP contribution in [0, 0.1) is 6.92 Å². The molecule has 0 spiro atoms. The maximum atomic E-state index is 10.7. The van der Waals surface area contributed by atoms with E-state index in [1.54, 1.807) is 24.7 Å². The van der Waals surface area contributed by atoms with E-state index in [9.17, 15) is 4.79 Å². The number of carbonyl (C=O) groups is 1. The number of aryl methyl sites for hydroxylation is 1. The van der Waals surface area contributed by atoms with E-state index in [0.29, 0.717) is 5.56 Å². The lowest BCUT2D eigenvalue weighted by Crippen LogP contribution is -2.20. The highest BCUT2D eigenvalue weighted by atomic mass is 16.4. The molecule has 0 aromatic carbocycles. The predicted molar refractivity (Wildman–Crippen MR) is 54.5 cm³/mol. The first-order valence-electron chi connectivity index (χ1n) is 4.51. The zero-order valence-corrected chi connectivity index (χ0v) is 8.21. The van der Waals surface area contributed by atoms with Crippen LogP contribution in [0.4, 0.5) is 0 Å². The molecule has 2 aromatic heterocycles. The van der Waals surface area contributed by atoms with Crippen LogP contribution in [0.5, 0.6) is 0 Å². The van der Waals surface area contributed by atoms with Gasteiger partial charge in [0.1, 0.15) is 6.04 Å². The maximum Gasteiger partial charge on any atom is 0.325 e. The lowest BCUT2D eigenvalue weighted by Gasteiger charge is -2.06. The van der Waals surface area contributed by atoms with Crippen molar-refractivity contribution in [1.29, 1.82) is 0 Å². The summed E-state index contributed by atoms with van der Waals surface area (Å²) in [6.07, 6.45) is 3.44. The van der Waals surface area contributed by atoms with Crippen LogP contribution in [0.2, 0.25) is 0 Å². The fraction of sp³-hybridized carbons (Fsp3) is 0.200. The Balaban J connectivity index is 2.54. The molecule has 2 rings (SSSR count). The van der Waals surface area contributed by atoms with E-state index in [1.165, 1.54) is 0 Å². The Bertz CT molecular complexity index is 518. The molecule has 5 heteroatoms. The van der Waals surface area contributed by atoms with E-state index >= 15 is 0 Å². The molecule has 1 unspecified atom stereocenters. The minimum Gasteiger partial charge on any atom is -0.480 e. The lowest BCUT2D eigenvalue weighted by atomic mass is 10.1. The van der Waals surface area contributed by atoms with Gasteiger partial charge < -0.3 is 15.2 Å². The van der Waals surface area contributed by atoms with Crippen LogP contribution >= 0.6 is 0 Å². The van der Waals surface area contributed by atoms with Crippen molar-refractivity contribution in [2.75, 3.05) is 0 Å². The Morgan fingerprint density at radius 1 is 1.67 bits per heavy atom. The molecular weight excluding hydrogens is 194 g/mol. The van der Waals surface area contributed by atoms with Crippen molar-refractivity contribution in [2.45, 2.75) is 13.0 Å². The van der Waals surface area contributed by atoms with E-state index in [0.717, 1.165) is 11.2 Å². The largest absolute Gasteiger partial charge is 0.480 e. The number of imidazole rings is 1. The highest BCUT2D eigenvalue weighted by Crippen LogP contribution is 2.15. The third kappa shape index (κ3) is 1.57. The molecule has 0 aliphatic rings. The monoisotopic (exact) mass is 205 g/mol. The second-order valence-corrected chi connectivity index (χ2v) is 3.40. The molecular formula is C10H11N3O2. The molecule has 0 bridgehead atoms. The molecule has 3 N–H and O–H groups in total. The van der Waals surface area contributed by atoms with Crippen molar-refractivity contribution in [3.63, 3.8) is 0 Å². The number of hydrogen-bond acceptors (Lipinski definition) is 3. The van der Waals surface area contributed by atoms with E-state index < -0.39 is 12.0 Å². The van der Waals surface area contributed by atoms with Crippen LogP contribution < -0.4 is 5.73 Å². The van der Waals surface area contributed by atoms with Gasteiger partial charge in [0.2, 0.25) is 0 Å². The Labute approximate surface area is 86.2 Å². The molecule has 78 valence electrons. The second kappa shape index (κ2) is 3.36. The summed E-state index contributed by atoms with van der Waals surface area (Å²) in [4.78, 5) is 14.8. The van der Waals surface area contributed by atoms with E-state index in [2.05, 4.69) is 4.98 Å². The minimum atomic E-state index is -1.03. The van der Waals surface area contributed by atoms with Crippen LogP contribution in [0.1, 0.15) is 17.3 Å². The van der Waals surface area contributed by atoms with Gasteiger partial charge in [0.25, 0.3) is 0 Å². The number of carboxylic acid groups (broad SMARTS) is 1. The first kappa shape index (κ1) is 9.67. The number of rotatable bonds is 2. The Hall–Kier alpha value is -1.88. The summed E-state index contributed by atoms with van der Waals surface area (Å²) >= 11 is 0. The van der Waals surface area contributed by atoms with Gasteiger partial charge in [0.05, 0.1) is 17.5 Å². The summed E-state index contributed by atoms with van der Waals surface area (Å²) in [6.45, 7) is 1.87. The van der Waals surface area contributed by atoms with Gasteiger partial charge in [0.15, 0.2) is 0 Å². The number of nitrogens with two attached hydrogens (primary N) is 1. The van der Waals surface area contributed by atoms with Gasteiger partial charge in [-0.25, -0.2) is 4.98 Å². The number of aliphatic carboxylic acids is 1. The molecule has 0 fully saturated rings. The van der Waals surface area contributed by atoms with E-state index in [-0.39, 0.29) is 0 Å². The van der Waals surface area contributed by atoms with Crippen molar-refractivity contribution in [3.05, 3.63) is 35.9 Å². The number of nitrogens with zero attached hydrogens (tertiary/aromatic N) is 2. The van der Waals surface area contributed by atoms with Crippen molar-refractivity contribution in [1.82, 2.24) is 9.38 Å². The highest BCUT2D eigenvalue weighted by molar-refractivity contribution is 5.76. The first-order valence-corrected chi connectivity index (χ1v) is 4.51. The molecule has 1 atom stereocenters. The van der Waals surface area contributed by atoms with Crippen LogP contribution in [0.25, 0.3) is 5.52 Å². The summed E-state index contributed by atoms with van der Waals surface area (Å²) in [5.74, 6) is -1.03. The van der Waals surface area contributed by atoms with Crippen molar-refractivity contribution < 1.29 is 9.90 Å². The summed E-state index contributed by atoms with van der Waals surface area (Å²) in [7, 11) is 0. The topological polar surface area (TPSA) is 80.6 Å². The number of carboxylic acids is 1. The average Bonchev–Trinajstić information content (AvgIpc) is 2.59. The van der Waals surface area contributed by atoms with Crippen molar-refractivity contribution >= 4 is 11.5 Å². The molecule has 0 saturated heterocycles. The highest BCUT2D eigenvalue weighted by Gasteiger charge is 2.14. The smallest absolute Gasteiger partial charge is 0.325 e. The van der Waals surface area contributed by atoms with Gasteiger partial charge in [-0.1, -0.05) is 0 Å². The van der Waals surface area contributed by atoms with Crippen LogP contribution in [-0.4, -0.2) is 20.5 Å². The van der Waals surface area contributed by atoms with Crippen molar-refractivity contribution in [2.24, 2.45) is 5.73 Å². The zero-order chi connectivity index (χ0) is 11.0. The third-order valence-corrected chi connectivity index (χ3v) is 2.38. The van der Waals surface area contributed by atoms with Crippen molar-refractivity contribution in [3.8, 4) is 0 Å². The molecule has 0 aliphatic heterocycles. The van der Waals surface area contributed by atoms with Gasteiger partial charge in [-0.05, 0) is 24.6 Å². The Kier molecular flexibility index (Phi) is 2.17. The fourth-order valence-electron chi connectivity index (χ4n) is 1.47. The van der Waals surface area contributed by atoms with Crippen LogP contribution in [0.3, 0.4) is 0 Å². The quantitative estimate of drug-likeness (QED) is 0.757. The number of pyridine rings is 1. The molecule has 0 saturated carbocycles. The van der Waals surface area contributed by atoms with Gasteiger partial charge in [0, 0.05) is 6.20 Å². The molecule has 0 radical (unpaired) electrons. The normalized spacial score (nSPS) is 12.9. The van der Waals surface area contributed by atoms with Gasteiger partial charge >= 0.3 is 5.97 Å². The summed E-state index contributed by atoms with van der Waals surface area (Å²) in [6, 6.07) is 2.46. The minimum absolute atomic E-state index is 0.582. The number of aromatic nitrogens is 2. The standard InChI is InChI=1S/C10H11N3O2/c1-6-8-4-7(9(11)10(14)15)2-3-13(8)5-12-6/h2-5,9H,11H2,1H3,(H,14,15). The predicted octanol–water partition coefficient (Wildman–Crippen LogP) is 0.727. The number of hydrogen-bond donors (Lipinski definition) is 2. The van der Waals surface area contributed by atoms with Crippen LogP contribution in [-0.2, 0) is 4.79 Å². The van der Waals surface area contributed by atoms with E-state index in [4.69, 9.17) is 10.8 Å². The van der Waals surface area contributed by atoms with Gasteiger partial charge in [-0.15, -0.1) is 0 Å². The maximum absolute atomic E-state index is 10.7. The molecule has 0 aliphatic carbocycles. The molecule has 15 heavy (non-hydrogen) atoms. The number of fused-ring (bicyclic) bond motifs is 1. The van der Waals surface area contributed by atoms with E-state index in [1.807, 2.05) is 11.3 Å². The first-order chi connectivity index (χ1) is 7.09.